The second-order valence-corrected chi connectivity index (χ2v) is 5.72. The van der Waals surface area contributed by atoms with Crippen LogP contribution in [0, 0.1) is 0 Å². The van der Waals surface area contributed by atoms with Crippen LogP contribution in [0.2, 0.25) is 0 Å². The third-order valence-corrected chi connectivity index (χ3v) is 4.20. The van der Waals surface area contributed by atoms with Gasteiger partial charge in [-0.1, -0.05) is 30.3 Å². The van der Waals surface area contributed by atoms with E-state index in [1.54, 1.807) is 7.11 Å². The fourth-order valence-corrected chi connectivity index (χ4v) is 2.85. The van der Waals surface area contributed by atoms with Crippen molar-refractivity contribution in [1.82, 2.24) is 4.90 Å². The summed E-state index contributed by atoms with van der Waals surface area (Å²) in [5.74, 6) is -0.142. The van der Waals surface area contributed by atoms with E-state index in [0.29, 0.717) is 13.1 Å². The van der Waals surface area contributed by atoms with Gasteiger partial charge in [0.1, 0.15) is 0 Å². The maximum absolute atomic E-state index is 12.7. The van der Waals surface area contributed by atoms with Crippen LogP contribution in [0.4, 0.5) is 0 Å². The third kappa shape index (κ3) is 3.19. The van der Waals surface area contributed by atoms with Crippen LogP contribution in [-0.2, 0) is 9.53 Å². The molecule has 1 aliphatic heterocycles. The molecule has 0 bridgehead atoms. The number of likely N-dealkylation sites (tertiary alicyclic amines) is 1. The standard InChI is InChI=1S/C16H24N2O2/c1-16(20-2)9-6-10-18(12-16)15(19)14(11-17)13-7-4-3-5-8-13/h3-5,7-8,14H,6,9-12,17H2,1-2H3. The number of hydrogen-bond donors (Lipinski definition) is 1. The summed E-state index contributed by atoms with van der Waals surface area (Å²) in [5, 5.41) is 0. The molecule has 0 spiro atoms. The van der Waals surface area contributed by atoms with Crippen LogP contribution in [0.3, 0.4) is 0 Å². The number of nitrogens with two attached hydrogens (primary N) is 1. The summed E-state index contributed by atoms with van der Waals surface area (Å²) >= 11 is 0. The number of carbonyl (C=O) groups excluding carboxylic acids is 1. The molecular weight excluding hydrogens is 252 g/mol. The first kappa shape index (κ1) is 15.0. The van der Waals surface area contributed by atoms with Gasteiger partial charge in [-0.3, -0.25) is 4.79 Å². The topological polar surface area (TPSA) is 55.6 Å². The zero-order chi connectivity index (χ0) is 14.6. The molecule has 2 rings (SSSR count). The molecule has 0 aromatic heterocycles. The van der Waals surface area contributed by atoms with Gasteiger partial charge in [-0.15, -0.1) is 0 Å². The molecule has 4 nitrogen and oxygen atoms in total. The molecule has 1 saturated heterocycles. The highest BCUT2D eigenvalue weighted by atomic mass is 16.5. The molecule has 1 heterocycles. The van der Waals surface area contributed by atoms with E-state index in [1.807, 2.05) is 35.2 Å². The second kappa shape index (κ2) is 6.37. The van der Waals surface area contributed by atoms with E-state index in [-0.39, 0.29) is 17.4 Å². The molecule has 1 amide bonds. The molecule has 20 heavy (non-hydrogen) atoms. The summed E-state index contributed by atoms with van der Waals surface area (Å²) in [4.78, 5) is 14.6. The zero-order valence-electron chi connectivity index (χ0n) is 12.3. The molecule has 0 saturated carbocycles. The highest BCUT2D eigenvalue weighted by molar-refractivity contribution is 5.84. The van der Waals surface area contributed by atoms with Gasteiger partial charge in [0.2, 0.25) is 5.91 Å². The van der Waals surface area contributed by atoms with Crippen molar-refractivity contribution in [1.29, 1.82) is 0 Å². The first-order chi connectivity index (χ1) is 9.59. The zero-order valence-corrected chi connectivity index (χ0v) is 12.3. The number of benzene rings is 1. The van der Waals surface area contributed by atoms with Gasteiger partial charge >= 0.3 is 0 Å². The number of amides is 1. The summed E-state index contributed by atoms with van der Waals surface area (Å²) in [5.41, 5.74) is 6.59. The van der Waals surface area contributed by atoms with Gasteiger partial charge in [0.05, 0.1) is 11.5 Å². The maximum atomic E-state index is 12.7. The Bertz CT molecular complexity index is 449. The highest BCUT2D eigenvalue weighted by Crippen LogP contribution is 2.26. The Labute approximate surface area is 120 Å². The van der Waals surface area contributed by atoms with Crippen molar-refractivity contribution >= 4 is 5.91 Å². The first-order valence-corrected chi connectivity index (χ1v) is 7.18. The second-order valence-electron chi connectivity index (χ2n) is 5.72. The van der Waals surface area contributed by atoms with Crippen LogP contribution in [0.25, 0.3) is 0 Å². The van der Waals surface area contributed by atoms with Crippen LogP contribution in [0.15, 0.2) is 30.3 Å². The lowest BCUT2D eigenvalue weighted by Crippen LogP contribution is -2.51. The van der Waals surface area contributed by atoms with Crippen LogP contribution < -0.4 is 5.73 Å². The van der Waals surface area contributed by atoms with E-state index in [9.17, 15) is 4.79 Å². The van der Waals surface area contributed by atoms with Gasteiger partial charge in [0, 0.05) is 26.7 Å². The lowest BCUT2D eigenvalue weighted by Gasteiger charge is -2.40. The van der Waals surface area contributed by atoms with Gasteiger partial charge < -0.3 is 15.4 Å². The Hall–Kier alpha value is -1.39. The number of carbonyl (C=O) groups is 1. The van der Waals surface area contributed by atoms with Gasteiger partial charge in [-0.25, -0.2) is 0 Å². The number of ether oxygens (including phenoxy) is 1. The molecule has 1 aromatic carbocycles. The van der Waals surface area contributed by atoms with Gasteiger partial charge in [0.15, 0.2) is 0 Å². The van der Waals surface area contributed by atoms with E-state index in [2.05, 4.69) is 6.92 Å². The number of rotatable bonds is 4. The Morgan fingerprint density at radius 3 is 2.75 bits per heavy atom. The highest BCUT2D eigenvalue weighted by Gasteiger charge is 2.35. The maximum Gasteiger partial charge on any atom is 0.231 e. The Kier molecular flexibility index (Phi) is 4.78. The minimum atomic E-state index is -0.254. The molecule has 110 valence electrons. The predicted octanol–water partition coefficient (Wildman–Crippen LogP) is 1.76. The van der Waals surface area contributed by atoms with Crippen molar-refractivity contribution in [3.05, 3.63) is 35.9 Å². The lowest BCUT2D eigenvalue weighted by atomic mass is 9.92. The van der Waals surface area contributed by atoms with E-state index in [1.165, 1.54) is 0 Å². The molecule has 2 unspecified atom stereocenters. The van der Waals surface area contributed by atoms with Crippen molar-refractivity contribution in [2.24, 2.45) is 5.73 Å². The predicted molar refractivity (Wildman–Crippen MR) is 79.5 cm³/mol. The monoisotopic (exact) mass is 276 g/mol. The van der Waals surface area contributed by atoms with Gasteiger partial charge in [-0.2, -0.15) is 0 Å². The van der Waals surface area contributed by atoms with Gasteiger partial charge in [-0.05, 0) is 25.3 Å². The fourth-order valence-electron chi connectivity index (χ4n) is 2.85. The van der Waals surface area contributed by atoms with E-state index >= 15 is 0 Å². The number of piperidine rings is 1. The van der Waals surface area contributed by atoms with Crippen molar-refractivity contribution < 1.29 is 9.53 Å². The van der Waals surface area contributed by atoms with Crippen LogP contribution in [0.5, 0.6) is 0 Å². The van der Waals surface area contributed by atoms with E-state index in [0.717, 1.165) is 24.9 Å². The van der Waals surface area contributed by atoms with Crippen LogP contribution in [0.1, 0.15) is 31.2 Å². The Morgan fingerprint density at radius 2 is 2.15 bits per heavy atom. The molecule has 4 heteroatoms. The molecule has 1 aliphatic rings. The SMILES string of the molecule is COC1(C)CCCN(C(=O)C(CN)c2ccccc2)C1. The average molecular weight is 276 g/mol. The molecule has 0 aliphatic carbocycles. The molecule has 2 atom stereocenters. The summed E-state index contributed by atoms with van der Waals surface area (Å²) in [6, 6.07) is 9.77. The smallest absolute Gasteiger partial charge is 0.231 e. The lowest BCUT2D eigenvalue weighted by molar-refractivity contribution is -0.140. The summed E-state index contributed by atoms with van der Waals surface area (Å²) in [6.45, 7) is 3.84. The van der Waals surface area contributed by atoms with Crippen molar-refractivity contribution in [3.63, 3.8) is 0 Å². The number of hydrogen-bond acceptors (Lipinski definition) is 3. The molecule has 2 N–H and O–H groups in total. The van der Waals surface area contributed by atoms with E-state index in [4.69, 9.17) is 10.5 Å². The third-order valence-electron chi connectivity index (χ3n) is 4.20. The number of methoxy groups -OCH3 is 1. The van der Waals surface area contributed by atoms with E-state index < -0.39 is 0 Å². The van der Waals surface area contributed by atoms with Crippen LogP contribution in [-0.4, -0.2) is 43.2 Å². The fraction of sp³-hybridized carbons (Fsp3) is 0.562. The minimum Gasteiger partial charge on any atom is -0.377 e. The Morgan fingerprint density at radius 1 is 1.45 bits per heavy atom. The first-order valence-electron chi connectivity index (χ1n) is 7.18. The quantitative estimate of drug-likeness (QED) is 0.911. The molecule has 1 aromatic rings. The van der Waals surface area contributed by atoms with Crippen molar-refractivity contribution in [2.75, 3.05) is 26.7 Å². The molecule has 1 fully saturated rings. The van der Waals surface area contributed by atoms with Crippen molar-refractivity contribution in [3.8, 4) is 0 Å². The normalized spacial score (nSPS) is 24.4. The van der Waals surface area contributed by atoms with Crippen LogP contribution >= 0.6 is 0 Å². The largest absolute Gasteiger partial charge is 0.377 e. The molecule has 0 radical (unpaired) electrons. The number of nitrogens with zero attached hydrogens (tertiary/aromatic N) is 1. The molecular formula is C16H24N2O2. The average Bonchev–Trinajstić information content (AvgIpc) is 2.49. The van der Waals surface area contributed by atoms with Crippen molar-refractivity contribution in [2.45, 2.75) is 31.3 Å². The summed E-state index contributed by atoms with van der Waals surface area (Å²) < 4.78 is 5.55. The minimum absolute atomic E-state index is 0.113. The Balaban J connectivity index is 2.13. The summed E-state index contributed by atoms with van der Waals surface area (Å²) in [7, 11) is 1.71. The van der Waals surface area contributed by atoms with Gasteiger partial charge in [0.25, 0.3) is 0 Å². The summed E-state index contributed by atoms with van der Waals surface area (Å²) in [6.07, 6.45) is 1.97.